The second-order valence-corrected chi connectivity index (χ2v) is 5.10. The molecule has 0 spiro atoms. The van der Waals surface area contributed by atoms with Crippen LogP contribution >= 0.6 is 0 Å². The molecule has 1 saturated carbocycles. The molecule has 0 saturated heterocycles. The van der Waals surface area contributed by atoms with E-state index in [-0.39, 0.29) is 17.4 Å². The number of nitrogens with zero attached hydrogens (tertiary/aromatic N) is 2. The van der Waals surface area contributed by atoms with Crippen LogP contribution in [0.3, 0.4) is 0 Å². The first-order valence-corrected chi connectivity index (χ1v) is 6.41. The van der Waals surface area contributed by atoms with Crippen molar-refractivity contribution < 1.29 is 9.53 Å². The number of methoxy groups -OCH3 is 1. The van der Waals surface area contributed by atoms with Crippen molar-refractivity contribution in [3.63, 3.8) is 0 Å². The van der Waals surface area contributed by atoms with Crippen molar-refractivity contribution in [3.8, 4) is 6.07 Å². The van der Waals surface area contributed by atoms with Crippen LogP contribution in [-0.2, 0) is 9.53 Å². The van der Waals surface area contributed by atoms with Gasteiger partial charge in [0.05, 0.1) is 12.7 Å². The molecule has 1 aliphatic carbocycles. The summed E-state index contributed by atoms with van der Waals surface area (Å²) in [7, 11) is 5.48. The van der Waals surface area contributed by atoms with Gasteiger partial charge in [0.15, 0.2) is 0 Å². The molecule has 0 aromatic rings. The van der Waals surface area contributed by atoms with Crippen LogP contribution in [0.5, 0.6) is 0 Å². The second-order valence-electron chi connectivity index (χ2n) is 5.10. The Labute approximate surface area is 109 Å². The van der Waals surface area contributed by atoms with Gasteiger partial charge < -0.3 is 10.1 Å². The van der Waals surface area contributed by atoms with E-state index in [9.17, 15) is 10.1 Å². The van der Waals surface area contributed by atoms with Gasteiger partial charge >= 0.3 is 0 Å². The average molecular weight is 253 g/mol. The summed E-state index contributed by atoms with van der Waals surface area (Å²) in [5.74, 6) is 0.139. The van der Waals surface area contributed by atoms with Crippen molar-refractivity contribution in [2.45, 2.75) is 31.2 Å². The minimum Gasteiger partial charge on any atom is -0.383 e. The van der Waals surface area contributed by atoms with E-state index in [1.807, 2.05) is 19.0 Å². The molecule has 0 unspecified atom stereocenters. The lowest BCUT2D eigenvalue weighted by atomic mass is 9.76. The lowest BCUT2D eigenvalue weighted by Crippen LogP contribution is -2.47. The largest absolute Gasteiger partial charge is 0.383 e. The fourth-order valence-corrected chi connectivity index (χ4v) is 2.44. The number of carbonyl (C=O) groups is 1. The van der Waals surface area contributed by atoms with Crippen LogP contribution in [0.15, 0.2) is 0 Å². The Morgan fingerprint density at radius 1 is 1.50 bits per heavy atom. The molecule has 0 radical (unpaired) electrons. The van der Waals surface area contributed by atoms with Gasteiger partial charge in [-0.1, -0.05) is 0 Å². The van der Waals surface area contributed by atoms with Crippen molar-refractivity contribution in [2.75, 3.05) is 34.4 Å². The first-order valence-electron chi connectivity index (χ1n) is 6.41. The van der Waals surface area contributed by atoms with Crippen LogP contribution in [0.1, 0.15) is 25.7 Å². The summed E-state index contributed by atoms with van der Waals surface area (Å²) in [6.07, 6.45) is 3.09. The second kappa shape index (κ2) is 6.72. The summed E-state index contributed by atoms with van der Waals surface area (Å²) < 4.78 is 4.90. The topological polar surface area (TPSA) is 65.4 Å². The molecule has 0 bridgehead atoms. The van der Waals surface area contributed by atoms with Gasteiger partial charge in [-0.15, -0.1) is 0 Å². The van der Waals surface area contributed by atoms with E-state index in [0.29, 0.717) is 13.2 Å². The number of amides is 1. The number of ether oxygens (including phenoxy) is 1. The van der Waals surface area contributed by atoms with E-state index in [4.69, 9.17) is 4.74 Å². The third kappa shape index (κ3) is 3.44. The highest BCUT2D eigenvalue weighted by Gasteiger charge is 2.39. The normalized spacial score (nSPS) is 27.8. The van der Waals surface area contributed by atoms with Gasteiger partial charge in [-0.25, -0.2) is 0 Å². The van der Waals surface area contributed by atoms with Crippen molar-refractivity contribution in [2.24, 2.45) is 5.92 Å². The lowest BCUT2D eigenvalue weighted by Gasteiger charge is -2.39. The van der Waals surface area contributed by atoms with Crippen LogP contribution in [0.4, 0.5) is 0 Å². The maximum absolute atomic E-state index is 11.9. The Balaban J connectivity index is 2.44. The molecular formula is C13H23N3O2. The fraction of sp³-hybridized carbons (Fsp3) is 0.846. The van der Waals surface area contributed by atoms with Gasteiger partial charge in [0.1, 0.15) is 5.54 Å². The first kappa shape index (κ1) is 14.9. The Kier molecular flexibility index (Phi) is 5.57. The van der Waals surface area contributed by atoms with Gasteiger partial charge in [-0.3, -0.25) is 9.69 Å². The lowest BCUT2D eigenvalue weighted by molar-refractivity contribution is -0.126. The van der Waals surface area contributed by atoms with Crippen LogP contribution in [0, 0.1) is 17.2 Å². The molecule has 1 rings (SSSR count). The van der Waals surface area contributed by atoms with Gasteiger partial charge in [0, 0.05) is 19.6 Å². The molecule has 18 heavy (non-hydrogen) atoms. The summed E-state index contributed by atoms with van der Waals surface area (Å²) in [5, 5.41) is 12.2. The van der Waals surface area contributed by atoms with Crippen LogP contribution in [0.25, 0.3) is 0 Å². The molecule has 0 aliphatic heterocycles. The third-order valence-electron chi connectivity index (χ3n) is 3.85. The SMILES string of the molecule is COCCNC(=O)C1CCC(C#N)(N(C)C)CC1. The molecule has 5 nitrogen and oxygen atoms in total. The number of rotatable bonds is 5. The number of carbonyl (C=O) groups excluding carboxylic acids is 1. The molecule has 1 N–H and O–H groups in total. The monoisotopic (exact) mass is 253 g/mol. The quantitative estimate of drug-likeness (QED) is 0.735. The molecule has 1 aliphatic rings. The van der Waals surface area contributed by atoms with E-state index < -0.39 is 0 Å². The molecule has 1 fully saturated rings. The number of hydrogen-bond donors (Lipinski definition) is 1. The molecule has 1 amide bonds. The minimum atomic E-state index is -0.386. The zero-order valence-electron chi connectivity index (χ0n) is 11.5. The van der Waals surface area contributed by atoms with E-state index in [2.05, 4.69) is 11.4 Å². The van der Waals surface area contributed by atoms with Crippen molar-refractivity contribution in [3.05, 3.63) is 0 Å². The van der Waals surface area contributed by atoms with Crippen molar-refractivity contribution >= 4 is 5.91 Å². The summed E-state index contributed by atoms with van der Waals surface area (Å²) in [6, 6.07) is 2.40. The molecule has 0 aromatic carbocycles. The maximum Gasteiger partial charge on any atom is 0.223 e. The van der Waals surface area contributed by atoms with E-state index in [1.54, 1.807) is 7.11 Å². The molecule has 0 aromatic heterocycles. The minimum absolute atomic E-state index is 0.0447. The van der Waals surface area contributed by atoms with Crippen LogP contribution < -0.4 is 5.32 Å². The Morgan fingerprint density at radius 2 is 2.11 bits per heavy atom. The van der Waals surface area contributed by atoms with Crippen molar-refractivity contribution in [1.29, 1.82) is 5.26 Å². The van der Waals surface area contributed by atoms with Crippen LogP contribution in [0.2, 0.25) is 0 Å². The van der Waals surface area contributed by atoms with E-state index in [0.717, 1.165) is 25.7 Å². The van der Waals surface area contributed by atoms with Crippen LogP contribution in [-0.4, -0.2) is 50.7 Å². The van der Waals surface area contributed by atoms with E-state index in [1.165, 1.54) is 0 Å². The summed E-state index contributed by atoms with van der Waals surface area (Å²) in [5.41, 5.74) is -0.386. The predicted octanol–water partition coefficient (Wildman–Crippen LogP) is 0.763. The summed E-state index contributed by atoms with van der Waals surface area (Å²) in [6.45, 7) is 1.10. The Bertz CT molecular complexity index is 315. The van der Waals surface area contributed by atoms with E-state index >= 15 is 0 Å². The zero-order valence-corrected chi connectivity index (χ0v) is 11.5. The third-order valence-corrected chi connectivity index (χ3v) is 3.85. The Morgan fingerprint density at radius 3 is 2.56 bits per heavy atom. The van der Waals surface area contributed by atoms with Crippen molar-refractivity contribution in [1.82, 2.24) is 10.2 Å². The molecule has 0 heterocycles. The summed E-state index contributed by atoms with van der Waals surface area (Å²) in [4.78, 5) is 13.9. The highest BCUT2D eigenvalue weighted by molar-refractivity contribution is 5.78. The highest BCUT2D eigenvalue weighted by Crippen LogP contribution is 2.34. The smallest absolute Gasteiger partial charge is 0.223 e. The Hall–Kier alpha value is -1.12. The predicted molar refractivity (Wildman–Crippen MR) is 68.9 cm³/mol. The van der Waals surface area contributed by atoms with Gasteiger partial charge in [-0.2, -0.15) is 5.26 Å². The molecule has 0 atom stereocenters. The zero-order chi connectivity index (χ0) is 13.6. The highest BCUT2D eigenvalue weighted by atomic mass is 16.5. The van der Waals surface area contributed by atoms with Gasteiger partial charge in [-0.05, 0) is 39.8 Å². The van der Waals surface area contributed by atoms with Gasteiger partial charge in [0.2, 0.25) is 5.91 Å². The van der Waals surface area contributed by atoms with Gasteiger partial charge in [0.25, 0.3) is 0 Å². The fourth-order valence-electron chi connectivity index (χ4n) is 2.44. The summed E-state index contributed by atoms with van der Waals surface area (Å²) >= 11 is 0. The molecular weight excluding hydrogens is 230 g/mol. The molecule has 5 heteroatoms. The standard InChI is InChI=1S/C13H23N3O2/c1-16(2)13(10-14)6-4-11(5-7-13)12(17)15-8-9-18-3/h11H,4-9H2,1-3H3,(H,15,17). The first-order chi connectivity index (χ1) is 8.55. The number of hydrogen-bond acceptors (Lipinski definition) is 4. The molecule has 102 valence electrons. The maximum atomic E-state index is 11.9. The average Bonchev–Trinajstić information content (AvgIpc) is 2.38. The number of nitrogens with one attached hydrogen (secondary N) is 1. The number of nitriles is 1.